The van der Waals surface area contributed by atoms with E-state index in [1.54, 1.807) is 0 Å². The van der Waals surface area contributed by atoms with Gasteiger partial charge < -0.3 is 4.74 Å². The van der Waals surface area contributed by atoms with Gasteiger partial charge in [-0.3, -0.25) is 9.69 Å². The summed E-state index contributed by atoms with van der Waals surface area (Å²) in [5.41, 5.74) is 1.79. The minimum Gasteiger partial charge on any atom is -0.488 e. The number of thioether (sulfide) groups is 1. The van der Waals surface area contributed by atoms with Crippen molar-refractivity contribution in [2.75, 3.05) is 0 Å². The Balaban J connectivity index is 1.53. The standard InChI is InChI=1S/C23H22ClNO2S2/c24-19-12-6-4-9-17(19)15-27-20-13-7-5-8-16(20)14-21-22(26)25(23(28)29-21)18-10-2-1-3-11-18/h4-9,12-14,18H,1-3,10-11,15H2/b21-14-. The molecule has 1 saturated carbocycles. The van der Waals surface area contributed by atoms with Crippen LogP contribution in [0.25, 0.3) is 6.08 Å². The number of carbonyl (C=O) groups excluding carboxylic acids is 1. The van der Waals surface area contributed by atoms with Crippen molar-refractivity contribution in [2.24, 2.45) is 0 Å². The van der Waals surface area contributed by atoms with Gasteiger partial charge in [0.15, 0.2) is 0 Å². The number of halogens is 1. The zero-order chi connectivity index (χ0) is 20.2. The van der Waals surface area contributed by atoms with E-state index in [1.165, 1.54) is 31.0 Å². The molecule has 6 heteroatoms. The lowest BCUT2D eigenvalue weighted by Crippen LogP contribution is -2.39. The van der Waals surface area contributed by atoms with Gasteiger partial charge >= 0.3 is 0 Å². The molecule has 2 fully saturated rings. The van der Waals surface area contributed by atoms with Crippen LogP contribution in [0.4, 0.5) is 0 Å². The Morgan fingerprint density at radius 1 is 1.10 bits per heavy atom. The number of thiocarbonyl (C=S) groups is 1. The van der Waals surface area contributed by atoms with Gasteiger partial charge in [0.2, 0.25) is 0 Å². The van der Waals surface area contributed by atoms with E-state index in [2.05, 4.69) is 0 Å². The Hall–Kier alpha value is -1.82. The van der Waals surface area contributed by atoms with Crippen molar-refractivity contribution in [3.05, 3.63) is 69.6 Å². The Labute approximate surface area is 186 Å². The number of ether oxygens (including phenoxy) is 1. The highest BCUT2D eigenvalue weighted by atomic mass is 35.5. The van der Waals surface area contributed by atoms with E-state index < -0.39 is 0 Å². The lowest BCUT2D eigenvalue weighted by atomic mass is 9.94. The topological polar surface area (TPSA) is 29.5 Å². The van der Waals surface area contributed by atoms with E-state index >= 15 is 0 Å². The van der Waals surface area contributed by atoms with Crippen LogP contribution in [0.5, 0.6) is 5.75 Å². The quantitative estimate of drug-likeness (QED) is 0.392. The minimum atomic E-state index is 0.0211. The molecule has 0 aromatic heterocycles. The fraction of sp³-hybridized carbons (Fsp3) is 0.304. The monoisotopic (exact) mass is 443 g/mol. The smallest absolute Gasteiger partial charge is 0.266 e. The maximum absolute atomic E-state index is 13.0. The van der Waals surface area contributed by atoms with E-state index in [0.717, 1.165) is 29.7 Å². The molecular formula is C23H22ClNO2S2. The highest BCUT2D eigenvalue weighted by Gasteiger charge is 2.37. The predicted octanol–water partition coefficient (Wildman–Crippen LogP) is 6.45. The molecule has 1 saturated heterocycles. The molecule has 2 aromatic carbocycles. The summed E-state index contributed by atoms with van der Waals surface area (Å²) >= 11 is 13.2. The second-order valence-corrected chi connectivity index (χ2v) is 9.34. The van der Waals surface area contributed by atoms with Crippen LogP contribution < -0.4 is 4.74 Å². The fourth-order valence-corrected chi connectivity index (χ4v) is 5.36. The summed E-state index contributed by atoms with van der Waals surface area (Å²) in [6.45, 7) is 0.369. The molecule has 1 aliphatic heterocycles. The zero-order valence-corrected chi connectivity index (χ0v) is 18.4. The summed E-state index contributed by atoms with van der Waals surface area (Å²) in [6.07, 6.45) is 7.55. The Kier molecular flexibility index (Phi) is 6.58. The summed E-state index contributed by atoms with van der Waals surface area (Å²) in [5, 5.41) is 0.679. The highest BCUT2D eigenvalue weighted by molar-refractivity contribution is 8.26. The first-order valence-corrected chi connectivity index (χ1v) is 11.5. The van der Waals surface area contributed by atoms with Crippen LogP contribution in [-0.4, -0.2) is 21.2 Å². The van der Waals surface area contributed by atoms with Gasteiger partial charge in [-0.25, -0.2) is 0 Å². The van der Waals surface area contributed by atoms with Crippen molar-refractivity contribution >= 4 is 51.9 Å². The molecule has 1 heterocycles. The van der Waals surface area contributed by atoms with Gasteiger partial charge in [0.05, 0.1) is 4.91 Å². The van der Waals surface area contributed by atoms with Crippen molar-refractivity contribution in [1.29, 1.82) is 0 Å². The lowest BCUT2D eigenvalue weighted by Gasteiger charge is -2.29. The van der Waals surface area contributed by atoms with Gasteiger partial charge in [0, 0.05) is 22.2 Å². The average Bonchev–Trinajstić information content (AvgIpc) is 3.02. The first-order chi connectivity index (χ1) is 14.1. The van der Waals surface area contributed by atoms with E-state index in [0.29, 0.717) is 20.9 Å². The van der Waals surface area contributed by atoms with Crippen LogP contribution in [0.15, 0.2) is 53.4 Å². The molecule has 1 amide bonds. The Bertz CT molecular complexity index is 953. The van der Waals surface area contributed by atoms with Gasteiger partial charge in [0.25, 0.3) is 5.91 Å². The molecular weight excluding hydrogens is 422 g/mol. The second kappa shape index (κ2) is 9.33. The third kappa shape index (κ3) is 4.68. The van der Waals surface area contributed by atoms with E-state index in [4.69, 9.17) is 28.6 Å². The second-order valence-electron chi connectivity index (χ2n) is 7.26. The van der Waals surface area contributed by atoms with Gasteiger partial charge in [-0.15, -0.1) is 0 Å². The Morgan fingerprint density at radius 2 is 1.83 bits per heavy atom. The predicted molar refractivity (Wildman–Crippen MR) is 124 cm³/mol. The van der Waals surface area contributed by atoms with Gasteiger partial charge in [-0.2, -0.15) is 0 Å². The number of carbonyl (C=O) groups is 1. The molecule has 0 unspecified atom stereocenters. The van der Waals surface area contributed by atoms with Crippen LogP contribution in [0.3, 0.4) is 0 Å². The number of nitrogens with zero attached hydrogens (tertiary/aromatic N) is 1. The van der Waals surface area contributed by atoms with Crippen molar-refractivity contribution in [1.82, 2.24) is 4.90 Å². The summed E-state index contributed by atoms with van der Waals surface area (Å²) in [5.74, 6) is 0.739. The van der Waals surface area contributed by atoms with Crippen LogP contribution in [0, 0.1) is 0 Å². The van der Waals surface area contributed by atoms with Crippen LogP contribution in [0.1, 0.15) is 43.2 Å². The molecule has 2 aromatic rings. The lowest BCUT2D eigenvalue weighted by molar-refractivity contribution is -0.124. The molecule has 0 bridgehead atoms. The Morgan fingerprint density at radius 3 is 2.62 bits per heavy atom. The average molecular weight is 444 g/mol. The number of amides is 1. The van der Waals surface area contributed by atoms with Gasteiger partial charge in [0.1, 0.15) is 16.7 Å². The van der Waals surface area contributed by atoms with Crippen molar-refractivity contribution in [3.63, 3.8) is 0 Å². The van der Waals surface area contributed by atoms with Gasteiger partial charge in [-0.1, -0.05) is 91.2 Å². The number of rotatable bonds is 5. The minimum absolute atomic E-state index is 0.0211. The first kappa shape index (κ1) is 20.5. The summed E-state index contributed by atoms with van der Waals surface area (Å²) in [4.78, 5) is 15.5. The SMILES string of the molecule is O=C1/C(=C/c2ccccc2OCc2ccccc2Cl)SC(=S)N1C1CCCCC1. The summed E-state index contributed by atoms with van der Waals surface area (Å²) < 4.78 is 6.69. The molecule has 0 spiro atoms. The molecule has 2 aliphatic rings. The third-order valence-corrected chi connectivity index (χ3v) is 7.01. The fourth-order valence-electron chi connectivity index (χ4n) is 3.78. The van der Waals surface area contributed by atoms with Crippen molar-refractivity contribution in [2.45, 2.75) is 44.8 Å². The highest BCUT2D eigenvalue weighted by Crippen LogP contribution is 2.38. The van der Waals surface area contributed by atoms with Crippen molar-refractivity contribution in [3.8, 4) is 5.75 Å². The van der Waals surface area contributed by atoms with E-state index in [9.17, 15) is 4.79 Å². The number of hydrogen-bond acceptors (Lipinski definition) is 4. The zero-order valence-electron chi connectivity index (χ0n) is 16.0. The van der Waals surface area contributed by atoms with Gasteiger partial charge in [-0.05, 0) is 31.1 Å². The summed E-state index contributed by atoms with van der Waals surface area (Å²) in [7, 11) is 0. The first-order valence-electron chi connectivity index (χ1n) is 9.86. The molecule has 0 atom stereocenters. The molecule has 29 heavy (non-hydrogen) atoms. The molecule has 1 aliphatic carbocycles. The normalized spacial score (nSPS) is 19.2. The van der Waals surface area contributed by atoms with Crippen LogP contribution in [-0.2, 0) is 11.4 Å². The summed E-state index contributed by atoms with van der Waals surface area (Å²) in [6, 6.07) is 15.6. The number of hydrogen-bond donors (Lipinski definition) is 0. The molecule has 0 radical (unpaired) electrons. The molecule has 3 nitrogen and oxygen atoms in total. The maximum atomic E-state index is 13.0. The largest absolute Gasteiger partial charge is 0.488 e. The number of benzene rings is 2. The van der Waals surface area contributed by atoms with E-state index in [1.807, 2.05) is 59.5 Å². The number of para-hydroxylation sites is 1. The molecule has 0 N–H and O–H groups in total. The van der Waals surface area contributed by atoms with Crippen molar-refractivity contribution < 1.29 is 9.53 Å². The molecule has 150 valence electrons. The van der Waals surface area contributed by atoms with E-state index in [-0.39, 0.29) is 11.9 Å². The van der Waals surface area contributed by atoms with Crippen LogP contribution in [0.2, 0.25) is 5.02 Å². The molecule has 4 rings (SSSR count). The maximum Gasteiger partial charge on any atom is 0.266 e. The van der Waals surface area contributed by atoms with Crippen LogP contribution >= 0.6 is 35.6 Å². The third-order valence-electron chi connectivity index (χ3n) is 5.31.